The fourth-order valence-electron chi connectivity index (χ4n) is 2.85. The summed E-state index contributed by atoms with van der Waals surface area (Å²) in [5, 5.41) is 9.57. The van der Waals surface area contributed by atoms with E-state index in [0.29, 0.717) is 5.92 Å². The maximum absolute atomic E-state index is 9.57. The molecule has 2 nitrogen and oxygen atoms in total. The third-order valence-corrected chi connectivity index (χ3v) is 3.73. The lowest BCUT2D eigenvalue weighted by Gasteiger charge is -2.39. The zero-order valence-electron chi connectivity index (χ0n) is 8.46. The number of aliphatic hydroxyl groups excluding tert-OH is 1. The molecule has 1 saturated heterocycles. The van der Waals surface area contributed by atoms with Gasteiger partial charge in [0.05, 0.1) is 11.7 Å². The van der Waals surface area contributed by atoms with E-state index in [9.17, 15) is 5.11 Å². The number of ether oxygens (including phenoxy) is 1. The molecule has 0 aromatic carbocycles. The molecule has 2 atom stereocenters. The van der Waals surface area contributed by atoms with Gasteiger partial charge >= 0.3 is 0 Å². The molecule has 0 aromatic heterocycles. The van der Waals surface area contributed by atoms with Crippen LogP contribution in [0.4, 0.5) is 0 Å². The number of rotatable bonds is 1. The van der Waals surface area contributed by atoms with E-state index in [1.807, 2.05) is 6.92 Å². The van der Waals surface area contributed by atoms with Crippen LogP contribution < -0.4 is 0 Å². The molecule has 1 spiro atoms. The van der Waals surface area contributed by atoms with Gasteiger partial charge in [0.25, 0.3) is 0 Å². The Morgan fingerprint density at radius 3 is 2.69 bits per heavy atom. The lowest BCUT2D eigenvalue weighted by atomic mass is 9.82. The van der Waals surface area contributed by atoms with Crippen LogP contribution in [0, 0.1) is 5.92 Å². The summed E-state index contributed by atoms with van der Waals surface area (Å²) in [6.45, 7) is 2.77. The number of hydrogen-bond acceptors (Lipinski definition) is 2. The predicted octanol–water partition coefficient (Wildman–Crippen LogP) is 2.11. The summed E-state index contributed by atoms with van der Waals surface area (Å²) >= 11 is 0. The van der Waals surface area contributed by atoms with Crippen molar-refractivity contribution < 1.29 is 9.84 Å². The van der Waals surface area contributed by atoms with Crippen molar-refractivity contribution >= 4 is 0 Å². The molecule has 76 valence electrons. The standard InChI is InChI=1S/C11H20O2/c1-9(12)10-4-7-13-11(8-10)5-2-3-6-11/h9-10,12H,2-8H2,1H3. The van der Waals surface area contributed by atoms with Gasteiger partial charge in [-0.15, -0.1) is 0 Å². The molecule has 2 heteroatoms. The van der Waals surface area contributed by atoms with Crippen molar-refractivity contribution in [3.05, 3.63) is 0 Å². The molecule has 2 aliphatic rings. The molecule has 2 rings (SSSR count). The van der Waals surface area contributed by atoms with E-state index in [2.05, 4.69) is 0 Å². The Morgan fingerprint density at radius 1 is 1.38 bits per heavy atom. The van der Waals surface area contributed by atoms with Gasteiger partial charge in [-0.25, -0.2) is 0 Å². The molecule has 1 aliphatic carbocycles. The zero-order valence-corrected chi connectivity index (χ0v) is 8.46. The average Bonchev–Trinajstić information content (AvgIpc) is 2.53. The van der Waals surface area contributed by atoms with Gasteiger partial charge in [0.15, 0.2) is 0 Å². The van der Waals surface area contributed by atoms with Gasteiger partial charge < -0.3 is 9.84 Å². The van der Waals surface area contributed by atoms with E-state index in [4.69, 9.17) is 4.74 Å². The Kier molecular flexibility index (Phi) is 2.61. The van der Waals surface area contributed by atoms with Crippen LogP contribution in [0.3, 0.4) is 0 Å². The topological polar surface area (TPSA) is 29.5 Å². The minimum absolute atomic E-state index is 0.152. The average molecular weight is 184 g/mol. The highest BCUT2D eigenvalue weighted by Crippen LogP contribution is 2.42. The number of aliphatic hydroxyl groups is 1. The van der Waals surface area contributed by atoms with E-state index in [-0.39, 0.29) is 11.7 Å². The van der Waals surface area contributed by atoms with Gasteiger partial charge in [0.1, 0.15) is 0 Å². The Hall–Kier alpha value is -0.0800. The molecule has 1 N–H and O–H groups in total. The van der Waals surface area contributed by atoms with Crippen molar-refractivity contribution in [2.75, 3.05) is 6.61 Å². The second kappa shape index (κ2) is 3.58. The monoisotopic (exact) mass is 184 g/mol. The first-order chi connectivity index (χ1) is 6.22. The van der Waals surface area contributed by atoms with Crippen LogP contribution in [0.15, 0.2) is 0 Å². The maximum Gasteiger partial charge on any atom is 0.0686 e. The fraction of sp³-hybridized carbons (Fsp3) is 1.00. The largest absolute Gasteiger partial charge is 0.393 e. The first-order valence-corrected chi connectivity index (χ1v) is 5.54. The Bertz CT molecular complexity index is 171. The lowest BCUT2D eigenvalue weighted by molar-refractivity contribution is -0.110. The van der Waals surface area contributed by atoms with Crippen LogP contribution >= 0.6 is 0 Å². The summed E-state index contributed by atoms with van der Waals surface area (Å²) in [5.74, 6) is 0.479. The van der Waals surface area contributed by atoms with Crippen molar-refractivity contribution in [2.24, 2.45) is 5.92 Å². The predicted molar refractivity (Wildman–Crippen MR) is 51.6 cm³/mol. The van der Waals surface area contributed by atoms with Crippen LogP contribution in [0.25, 0.3) is 0 Å². The van der Waals surface area contributed by atoms with E-state index in [1.54, 1.807) is 0 Å². The van der Waals surface area contributed by atoms with E-state index in [1.165, 1.54) is 25.7 Å². The molecule has 1 heterocycles. The van der Waals surface area contributed by atoms with Crippen LogP contribution in [-0.2, 0) is 4.74 Å². The van der Waals surface area contributed by atoms with E-state index >= 15 is 0 Å². The minimum atomic E-state index is -0.152. The first-order valence-electron chi connectivity index (χ1n) is 5.54. The highest BCUT2D eigenvalue weighted by atomic mass is 16.5. The van der Waals surface area contributed by atoms with Crippen LogP contribution in [-0.4, -0.2) is 23.4 Å². The molecule has 13 heavy (non-hydrogen) atoms. The van der Waals surface area contributed by atoms with Gasteiger partial charge in [-0.3, -0.25) is 0 Å². The third-order valence-electron chi connectivity index (χ3n) is 3.73. The highest BCUT2D eigenvalue weighted by Gasteiger charge is 2.40. The zero-order chi connectivity index (χ0) is 9.31. The number of hydrogen-bond donors (Lipinski definition) is 1. The van der Waals surface area contributed by atoms with Crippen molar-refractivity contribution in [1.82, 2.24) is 0 Å². The van der Waals surface area contributed by atoms with Crippen LogP contribution in [0.2, 0.25) is 0 Å². The Labute approximate surface area is 80.3 Å². The summed E-state index contributed by atoms with van der Waals surface area (Å²) in [5.41, 5.74) is 0.167. The summed E-state index contributed by atoms with van der Waals surface area (Å²) in [4.78, 5) is 0. The lowest BCUT2D eigenvalue weighted by Crippen LogP contribution is -2.40. The third kappa shape index (κ3) is 1.89. The van der Waals surface area contributed by atoms with Crippen molar-refractivity contribution in [3.63, 3.8) is 0 Å². The van der Waals surface area contributed by atoms with Crippen molar-refractivity contribution in [2.45, 2.75) is 57.2 Å². The first kappa shape index (κ1) is 9.47. The van der Waals surface area contributed by atoms with Gasteiger partial charge in [-0.2, -0.15) is 0 Å². The normalized spacial score (nSPS) is 35.1. The fourth-order valence-corrected chi connectivity index (χ4v) is 2.85. The quantitative estimate of drug-likeness (QED) is 0.676. The molecule has 0 aromatic rings. The van der Waals surface area contributed by atoms with E-state index < -0.39 is 0 Å². The molecule has 2 unspecified atom stereocenters. The van der Waals surface area contributed by atoms with Gasteiger partial charge in [0, 0.05) is 6.61 Å². The summed E-state index contributed by atoms with van der Waals surface area (Å²) in [6, 6.07) is 0. The second-order valence-electron chi connectivity index (χ2n) is 4.73. The molecule has 1 saturated carbocycles. The molecular formula is C11H20O2. The smallest absolute Gasteiger partial charge is 0.0686 e. The summed E-state index contributed by atoms with van der Waals surface area (Å²) in [7, 11) is 0. The van der Waals surface area contributed by atoms with E-state index in [0.717, 1.165) is 19.4 Å². The Balaban J connectivity index is 1.98. The summed E-state index contributed by atoms with van der Waals surface area (Å²) < 4.78 is 5.90. The summed E-state index contributed by atoms with van der Waals surface area (Å²) in [6.07, 6.45) is 7.04. The molecule has 0 radical (unpaired) electrons. The van der Waals surface area contributed by atoms with Gasteiger partial charge in [-0.05, 0) is 38.5 Å². The second-order valence-corrected chi connectivity index (χ2v) is 4.73. The Morgan fingerprint density at radius 2 is 2.08 bits per heavy atom. The highest BCUT2D eigenvalue weighted by molar-refractivity contribution is 4.92. The molecule has 0 amide bonds. The van der Waals surface area contributed by atoms with Crippen molar-refractivity contribution in [1.29, 1.82) is 0 Å². The molecule has 2 fully saturated rings. The van der Waals surface area contributed by atoms with Gasteiger partial charge in [0.2, 0.25) is 0 Å². The molecule has 1 aliphatic heterocycles. The SMILES string of the molecule is CC(O)C1CCOC2(CCCC2)C1. The van der Waals surface area contributed by atoms with Crippen molar-refractivity contribution in [3.8, 4) is 0 Å². The minimum Gasteiger partial charge on any atom is -0.393 e. The van der Waals surface area contributed by atoms with Crippen LogP contribution in [0.5, 0.6) is 0 Å². The molecule has 0 bridgehead atoms. The maximum atomic E-state index is 9.57. The van der Waals surface area contributed by atoms with Gasteiger partial charge in [-0.1, -0.05) is 12.8 Å². The van der Waals surface area contributed by atoms with Crippen LogP contribution in [0.1, 0.15) is 45.4 Å². The molecular weight excluding hydrogens is 164 g/mol.